The van der Waals surface area contributed by atoms with Crippen LogP contribution in [-0.4, -0.2) is 35.4 Å². The van der Waals surface area contributed by atoms with Crippen molar-refractivity contribution < 1.29 is 14.3 Å². The van der Waals surface area contributed by atoms with Crippen LogP contribution in [0.3, 0.4) is 0 Å². The number of ether oxygens (including phenoxy) is 1. The predicted octanol–water partition coefficient (Wildman–Crippen LogP) is 6.51. The molecule has 38 heavy (non-hydrogen) atoms. The molecule has 3 aromatic carbocycles. The van der Waals surface area contributed by atoms with E-state index < -0.39 is 6.04 Å². The number of aryl methyl sites for hydroxylation is 1. The van der Waals surface area contributed by atoms with E-state index in [4.69, 9.17) is 16.3 Å². The van der Waals surface area contributed by atoms with E-state index >= 15 is 0 Å². The Bertz CT molecular complexity index is 1180. The molecule has 1 atom stereocenters. The summed E-state index contributed by atoms with van der Waals surface area (Å²) in [6.07, 6.45) is 5.52. The highest BCUT2D eigenvalue weighted by Gasteiger charge is 2.32. The molecule has 1 N–H and O–H groups in total. The molecule has 5 nitrogen and oxygen atoms in total. The lowest BCUT2D eigenvalue weighted by Gasteiger charge is -2.32. The molecule has 1 saturated carbocycles. The third kappa shape index (κ3) is 8.35. The number of carbonyl (C=O) groups is 2. The molecule has 0 aliphatic heterocycles. The first-order chi connectivity index (χ1) is 18.5. The van der Waals surface area contributed by atoms with Crippen LogP contribution in [0.2, 0.25) is 5.02 Å². The maximum Gasteiger partial charge on any atom is 0.243 e. The van der Waals surface area contributed by atoms with Gasteiger partial charge in [0.1, 0.15) is 11.8 Å². The molecule has 3 aromatic rings. The summed E-state index contributed by atoms with van der Waals surface area (Å²) in [6.45, 7) is 2.77. The molecule has 0 unspecified atom stereocenters. The molecule has 1 aliphatic carbocycles. The smallest absolute Gasteiger partial charge is 0.243 e. The highest BCUT2D eigenvalue weighted by atomic mass is 35.5. The van der Waals surface area contributed by atoms with Crippen molar-refractivity contribution in [3.63, 3.8) is 0 Å². The summed E-state index contributed by atoms with van der Waals surface area (Å²) in [7, 11) is 0. The molecule has 0 spiro atoms. The molecular weight excluding hydrogens is 496 g/mol. The lowest BCUT2D eigenvalue weighted by Crippen LogP contribution is -2.52. The van der Waals surface area contributed by atoms with Crippen molar-refractivity contribution in [2.45, 2.75) is 70.5 Å². The Morgan fingerprint density at radius 2 is 1.68 bits per heavy atom. The molecule has 2 amide bonds. The van der Waals surface area contributed by atoms with E-state index in [0.29, 0.717) is 31.0 Å². The Morgan fingerprint density at radius 1 is 0.974 bits per heavy atom. The quantitative estimate of drug-likeness (QED) is 0.271. The normalized spacial score (nSPS) is 14.2. The van der Waals surface area contributed by atoms with E-state index in [2.05, 4.69) is 5.32 Å². The van der Waals surface area contributed by atoms with Gasteiger partial charge in [-0.25, -0.2) is 0 Å². The highest BCUT2D eigenvalue weighted by molar-refractivity contribution is 6.30. The van der Waals surface area contributed by atoms with Crippen LogP contribution in [0, 0.1) is 6.92 Å². The monoisotopic (exact) mass is 532 g/mol. The summed E-state index contributed by atoms with van der Waals surface area (Å²) >= 11 is 6.26. The maximum absolute atomic E-state index is 13.7. The summed E-state index contributed by atoms with van der Waals surface area (Å²) in [4.78, 5) is 29.1. The molecule has 1 aliphatic rings. The van der Waals surface area contributed by atoms with Gasteiger partial charge in [0, 0.05) is 30.5 Å². The fraction of sp³-hybridized carbons (Fsp3) is 0.375. The van der Waals surface area contributed by atoms with Gasteiger partial charge in [-0.05, 0) is 61.6 Å². The molecule has 0 radical (unpaired) electrons. The zero-order valence-corrected chi connectivity index (χ0v) is 22.8. The van der Waals surface area contributed by atoms with E-state index in [0.717, 1.165) is 42.6 Å². The number of carbonyl (C=O) groups excluding carboxylic acids is 2. The summed E-state index contributed by atoms with van der Waals surface area (Å²) in [6, 6.07) is 24.8. The van der Waals surface area contributed by atoms with Gasteiger partial charge >= 0.3 is 0 Å². The van der Waals surface area contributed by atoms with E-state index in [9.17, 15) is 9.59 Å². The second kappa shape index (κ2) is 14.0. The van der Waals surface area contributed by atoms with Crippen LogP contribution in [0.5, 0.6) is 5.75 Å². The fourth-order valence-corrected chi connectivity index (χ4v) is 5.16. The minimum atomic E-state index is -0.623. The van der Waals surface area contributed by atoms with Crippen molar-refractivity contribution in [3.8, 4) is 5.75 Å². The Balaban J connectivity index is 1.51. The van der Waals surface area contributed by atoms with Crippen LogP contribution in [-0.2, 0) is 22.6 Å². The molecule has 4 rings (SSSR count). The average Bonchev–Trinajstić information content (AvgIpc) is 3.43. The third-order valence-electron chi connectivity index (χ3n) is 7.04. The molecular formula is C32H37ClN2O3. The van der Waals surface area contributed by atoms with Gasteiger partial charge in [-0.15, -0.1) is 0 Å². The largest absolute Gasteiger partial charge is 0.494 e. The summed E-state index contributed by atoms with van der Waals surface area (Å²) < 4.78 is 5.85. The number of amides is 2. The molecule has 0 saturated heterocycles. The highest BCUT2D eigenvalue weighted by Crippen LogP contribution is 2.21. The standard InChI is InChI=1S/C32H37ClN2O3/c1-24-16-18-29(19-17-24)38-20-8-15-31(36)35(23-26-11-7-12-27(33)21-26)30(22-25-9-3-2-4-10-25)32(37)34-28-13-5-6-14-28/h2-4,7,9-12,16-19,21,28,30H,5-6,8,13-15,20,22-23H2,1H3,(H,34,37)/t30-/m1/s1. The Morgan fingerprint density at radius 3 is 2.39 bits per heavy atom. The van der Waals surface area contributed by atoms with Gasteiger partial charge in [0.05, 0.1) is 6.61 Å². The van der Waals surface area contributed by atoms with Crippen molar-refractivity contribution in [3.05, 3.63) is 101 Å². The van der Waals surface area contributed by atoms with E-state index in [1.807, 2.05) is 85.8 Å². The SMILES string of the molecule is Cc1ccc(OCCCC(=O)N(Cc2cccc(Cl)c2)[C@H](Cc2ccccc2)C(=O)NC2CCCC2)cc1. The summed E-state index contributed by atoms with van der Waals surface area (Å²) in [5.74, 6) is 0.628. The van der Waals surface area contributed by atoms with Crippen molar-refractivity contribution >= 4 is 23.4 Å². The van der Waals surface area contributed by atoms with Gasteiger partial charge in [-0.3, -0.25) is 9.59 Å². The van der Waals surface area contributed by atoms with E-state index in [1.54, 1.807) is 4.90 Å². The number of hydrogen-bond donors (Lipinski definition) is 1. The Hall–Kier alpha value is -3.31. The number of benzene rings is 3. The number of hydrogen-bond acceptors (Lipinski definition) is 3. The first-order valence-electron chi connectivity index (χ1n) is 13.6. The Kier molecular flexibility index (Phi) is 10.2. The minimum Gasteiger partial charge on any atom is -0.494 e. The molecule has 1 fully saturated rings. The van der Waals surface area contributed by atoms with Gasteiger partial charge in [0.25, 0.3) is 0 Å². The predicted molar refractivity (Wildman–Crippen MR) is 152 cm³/mol. The molecule has 6 heteroatoms. The van der Waals surface area contributed by atoms with Crippen molar-refractivity contribution in [1.29, 1.82) is 0 Å². The molecule has 0 aromatic heterocycles. The molecule has 200 valence electrons. The number of rotatable bonds is 12. The lowest BCUT2D eigenvalue weighted by atomic mass is 10.0. The Labute approximate surface area is 231 Å². The van der Waals surface area contributed by atoms with Crippen LogP contribution in [0.4, 0.5) is 0 Å². The number of nitrogens with one attached hydrogen (secondary N) is 1. The fourth-order valence-electron chi connectivity index (χ4n) is 4.95. The first kappa shape index (κ1) is 27.7. The van der Waals surface area contributed by atoms with Gasteiger partial charge in [-0.1, -0.05) is 84.6 Å². The van der Waals surface area contributed by atoms with Crippen molar-refractivity contribution in [2.75, 3.05) is 6.61 Å². The molecule has 0 heterocycles. The number of nitrogens with zero attached hydrogens (tertiary/aromatic N) is 1. The first-order valence-corrected chi connectivity index (χ1v) is 13.9. The van der Waals surface area contributed by atoms with Gasteiger partial charge in [0.2, 0.25) is 11.8 Å². The summed E-state index contributed by atoms with van der Waals surface area (Å²) in [5.41, 5.74) is 3.09. The average molecular weight is 533 g/mol. The van der Waals surface area contributed by atoms with Gasteiger partial charge in [-0.2, -0.15) is 0 Å². The van der Waals surface area contributed by atoms with Crippen LogP contribution in [0.25, 0.3) is 0 Å². The minimum absolute atomic E-state index is 0.0695. The van der Waals surface area contributed by atoms with Crippen molar-refractivity contribution in [2.24, 2.45) is 0 Å². The van der Waals surface area contributed by atoms with Gasteiger partial charge < -0.3 is 15.0 Å². The topological polar surface area (TPSA) is 58.6 Å². The van der Waals surface area contributed by atoms with Crippen molar-refractivity contribution in [1.82, 2.24) is 10.2 Å². The van der Waals surface area contributed by atoms with Crippen LogP contribution in [0.1, 0.15) is 55.2 Å². The zero-order chi connectivity index (χ0) is 26.7. The zero-order valence-electron chi connectivity index (χ0n) is 22.1. The van der Waals surface area contributed by atoms with Crippen LogP contribution < -0.4 is 10.1 Å². The number of halogens is 1. The van der Waals surface area contributed by atoms with E-state index in [-0.39, 0.29) is 24.3 Å². The third-order valence-corrected chi connectivity index (χ3v) is 7.27. The van der Waals surface area contributed by atoms with Crippen LogP contribution in [0.15, 0.2) is 78.9 Å². The second-order valence-corrected chi connectivity index (χ2v) is 10.5. The lowest BCUT2D eigenvalue weighted by molar-refractivity contribution is -0.141. The van der Waals surface area contributed by atoms with E-state index in [1.165, 1.54) is 5.56 Å². The second-order valence-electron chi connectivity index (χ2n) is 10.1. The summed E-state index contributed by atoms with van der Waals surface area (Å²) in [5, 5.41) is 3.85. The maximum atomic E-state index is 13.7. The van der Waals surface area contributed by atoms with Crippen LogP contribution >= 0.6 is 11.6 Å². The van der Waals surface area contributed by atoms with Gasteiger partial charge in [0.15, 0.2) is 0 Å². The molecule has 0 bridgehead atoms.